The van der Waals surface area contributed by atoms with Crippen LogP contribution in [0.2, 0.25) is 0 Å². The van der Waals surface area contributed by atoms with Gasteiger partial charge in [0.15, 0.2) is 0 Å². The molecule has 1 fully saturated rings. The molecule has 1 saturated carbocycles. The van der Waals surface area contributed by atoms with Crippen molar-refractivity contribution in [1.82, 2.24) is 14.1 Å². The van der Waals surface area contributed by atoms with Crippen molar-refractivity contribution in [1.29, 1.82) is 0 Å². The van der Waals surface area contributed by atoms with Crippen molar-refractivity contribution < 1.29 is 4.74 Å². The average molecular weight is 387 g/mol. The fourth-order valence-electron chi connectivity index (χ4n) is 4.03. The fourth-order valence-corrected chi connectivity index (χ4v) is 4.03. The van der Waals surface area contributed by atoms with E-state index in [1.54, 1.807) is 10.8 Å². The van der Waals surface area contributed by atoms with Crippen LogP contribution in [0, 0.1) is 12.8 Å². The van der Waals surface area contributed by atoms with Crippen molar-refractivity contribution in [2.75, 3.05) is 0 Å². The van der Waals surface area contributed by atoms with Crippen molar-refractivity contribution in [3.05, 3.63) is 82.1 Å². The summed E-state index contributed by atoms with van der Waals surface area (Å²) in [4.78, 5) is 17.0. The predicted octanol–water partition coefficient (Wildman–Crippen LogP) is 4.46. The van der Waals surface area contributed by atoms with E-state index in [0.29, 0.717) is 11.8 Å². The normalized spacial score (nSPS) is 18.8. The Morgan fingerprint density at radius 1 is 1.21 bits per heavy atom. The summed E-state index contributed by atoms with van der Waals surface area (Å²) in [6.45, 7) is 2.83. The summed E-state index contributed by atoms with van der Waals surface area (Å²) >= 11 is 0. The van der Waals surface area contributed by atoms with E-state index in [0.717, 1.165) is 35.3 Å². The highest BCUT2D eigenvalue weighted by Crippen LogP contribution is 2.33. The molecule has 0 aliphatic heterocycles. The molecule has 3 aromatic rings. The number of aryl methyl sites for hydroxylation is 2. The molecule has 5 nitrogen and oxygen atoms in total. The third-order valence-corrected chi connectivity index (χ3v) is 5.95. The Labute approximate surface area is 170 Å². The Morgan fingerprint density at radius 3 is 2.86 bits per heavy atom. The highest BCUT2D eigenvalue weighted by molar-refractivity contribution is 5.77. The number of rotatable bonds is 5. The molecular formula is C24H25N3O2. The van der Waals surface area contributed by atoms with Gasteiger partial charge in [0.25, 0.3) is 0 Å². The van der Waals surface area contributed by atoms with Crippen molar-refractivity contribution in [3.8, 4) is 5.88 Å². The Morgan fingerprint density at radius 2 is 2.07 bits per heavy atom. The van der Waals surface area contributed by atoms with Gasteiger partial charge >= 0.3 is 5.69 Å². The summed E-state index contributed by atoms with van der Waals surface area (Å²) in [5, 5.41) is 0. The second-order valence-corrected chi connectivity index (χ2v) is 8.18. The zero-order valence-electron chi connectivity index (χ0n) is 16.8. The van der Waals surface area contributed by atoms with Gasteiger partial charge in [0.05, 0.1) is 11.0 Å². The van der Waals surface area contributed by atoms with Gasteiger partial charge in [-0.25, -0.2) is 9.78 Å². The first-order valence-electron chi connectivity index (χ1n) is 10.3. The van der Waals surface area contributed by atoms with E-state index in [2.05, 4.69) is 35.3 Å². The molecule has 0 amide bonds. The number of hydrogen-bond donors (Lipinski definition) is 0. The molecule has 2 aliphatic rings. The van der Waals surface area contributed by atoms with Gasteiger partial charge in [0.2, 0.25) is 5.88 Å². The van der Waals surface area contributed by atoms with Crippen LogP contribution >= 0.6 is 0 Å². The van der Waals surface area contributed by atoms with Gasteiger partial charge in [-0.1, -0.05) is 18.2 Å². The second kappa shape index (κ2) is 7.07. The summed E-state index contributed by atoms with van der Waals surface area (Å²) in [7, 11) is 1.87. The number of pyridine rings is 1. The first kappa shape index (κ1) is 18.0. The van der Waals surface area contributed by atoms with Crippen LogP contribution in [0.15, 0.2) is 65.3 Å². The highest BCUT2D eigenvalue weighted by atomic mass is 16.5. The number of nitrogens with zero attached hydrogens (tertiary/aromatic N) is 3. The number of allylic oxidation sites excluding steroid dienone is 3. The summed E-state index contributed by atoms with van der Waals surface area (Å²) in [6.07, 6.45) is 11.4. The second-order valence-electron chi connectivity index (χ2n) is 8.18. The molecule has 148 valence electrons. The molecule has 2 heterocycles. The number of aromatic nitrogens is 3. The standard InChI is InChI=1S/C24H25N3O2/c1-16-5-4-12-25-23(16)29-20-7-3-6-18(13-20)19-10-11-21-22(14-19)26(2)24(28)27(21)15-17-8-9-17/h3-5,7,10-14,17-18H,6,8-9,15H2,1-2H3/t18-/m0/s1. The number of fused-ring (bicyclic) bond motifs is 1. The zero-order valence-corrected chi connectivity index (χ0v) is 16.8. The summed E-state index contributed by atoms with van der Waals surface area (Å²) < 4.78 is 9.74. The maximum atomic E-state index is 12.7. The highest BCUT2D eigenvalue weighted by Gasteiger charge is 2.24. The molecule has 1 atom stereocenters. The van der Waals surface area contributed by atoms with Gasteiger partial charge in [-0.2, -0.15) is 0 Å². The number of imidazole rings is 1. The van der Waals surface area contributed by atoms with E-state index in [1.165, 1.54) is 18.4 Å². The quantitative estimate of drug-likeness (QED) is 0.649. The molecule has 5 heteroatoms. The van der Waals surface area contributed by atoms with E-state index < -0.39 is 0 Å². The number of benzene rings is 1. The summed E-state index contributed by atoms with van der Waals surface area (Å²) in [6, 6.07) is 10.3. The lowest BCUT2D eigenvalue weighted by atomic mass is 9.91. The van der Waals surface area contributed by atoms with Crippen LogP contribution in [0.1, 0.15) is 36.3 Å². The van der Waals surface area contributed by atoms with Crippen LogP contribution < -0.4 is 10.4 Å². The fraction of sp³-hybridized carbons (Fsp3) is 0.333. The topological polar surface area (TPSA) is 49.1 Å². The number of ether oxygens (including phenoxy) is 1. The lowest BCUT2D eigenvalue weighted by molar-refractivity contribution is 0.416. The smallest absolute Gasteiger partial charge is 0.328 e. The molecule has 5 rings (SSSR count). The molecule has 0 N–H and O–H groups in total. The lowest BCUT2D eigenvalue weighted by Gasteiger charge is -2.18. The van der Waals surface area contributed by atoms with Crippen LogP contribution in [0.25, 0.3) is 11.0 Å². The first-order valence-corrected chi connectivity index (χ1v) is 10.3. The van der Waals surface area contributed by atoms with Crippen molar-refractivity contribution in [3.63, 3.8) is 0 Å². The minimum atomic E-state index is 0.0813. The van der Waals surface area contributed by atoms with Crippen LogP contribution in [0.3, 0.4) is 0 Å². The van der Waals surface area contributed by atoms with Crippen LogP contribution in [0.4, 0.5) is 0 Å². The van der Waals surface area contributed by atoms with Gasteiger partial charge in [0, 0.05) is 31.3 Å². The Hall–Kier alpha value is -3.08. The summed E-state index contributed by atoms with van der Waals surface area (Å²) in [5.74, 6) is 2.33. The Bertz CT molecular complexity index is 1190. The molecule has 0 unspecified atom stereocenters. The van der Waals surface area contributed by atoms with Gasteiger partial charge in [-0.05, 0) is 68.0 Å². The minimum Gasteiger partial charge on any atom is -0.439 e. The monoisotopic (exact) mass is 387 g/mol. The first-order chi connectivity index (χ1) is 14.1. The van der Waals surface area contributed by atoms with Crippen LogP contribution in [-0.2, 0) is 13.6 Å². The Balaban J connectivity index is 1.46. The maximum absolute atomic E-state index is 12.7. The molecule has 29 heavy (non-hydrogen) atoms. The molecule has 0 radical (unpaired) electrons. The van der Waals surface area contributed by atoms with Crippen LogP contribution in [-0.4, -0.2) is 14.1 Å². The van der Waals surface area contributed by atoms with Crippen molar-refractivity contribution in [2.45, 2.75) is 38.6 Å². The molecule has 0 saturated heterocycles. The summed E-state index contributed by atoms with van der Waals surface area (Å²) in [5.41, 5.74) is 4.32. The largest absolute Gasteiger partial charge is 0.439 e. The van der Waals surface area contributed by atoms with Crippen LogP contribution in [0.5, 0.6) is 5.88 Å². The van der Waals surface area contributed by atoms with E-state index in [-0.39, 0.29) is 11.6 Å². The van der Waals surface area contributed by atoms with E-state index in [1.807, 2.05) is 36.7 Å². The van der Waals surface area contributed by atoms with Gasteiger partial charge < -0.3 is 4.74 Å². The Kier molecular flexibility index (Phi) is 4.38. The van der Waals surface area contributed by atoms with Gasteiger partial charge in [-0.3, -0.25) is 9.13 Å². The maximum Gasteiger partial charge on any atom is 0.328 e. The van der Waals surface area contributed by atoms with E-state index in [9.17, 15) is 4.79 Å². The lowest BCUT2D eigenvalue weighted by Crippen LogP contribution is -2.22. The molecule has 0 bridgehead atoms. The van der Waals surface area contributed by atoms with Gasteiger partial charge in [-0.15, -0.1) is 0 Å². The molecule has 2 aromatic heterocycles. The minimum absolute atomic E-state index is 0.0813. The van der Waals surface area contributed by atoms with Crippen molar-refractivity contribution >= 4 is 11.0 Å². The number of hydrogen-bond acceptors (Lipinski definition) is 3. The third kappa shape index (κ3) is 3.41. The van der Waals surface area contributed by atoms with Gasteiger partial charge in [0.1, 0.15) is 5.76 Å². The molecular weight excluding hydrogens is 362 g/mol. The SMILES string of the molecule is Cc1cccnc1OC1=C[C@@H](c2ccc3c(c2)n(C)c(=O)n3CC2CC2)CC=C1. The zero-order chi connectivity index (χ0) is 20.0. The third-order valence-electron chi connectivity index (χ3n) is 5.95. The average Bonchev–Trinajstić information content (AvgIpc) is 3.53. The van der Waals surface area contributed by atoms with E-state index >= 15 is 0 Å². The molecule has 2 aliphatic carbocycles. The van der Waals surface area contributed by atoms with E-state index in [4.69, 9.17) is 4.74 Å². The molecule has 1 aromatic carbocycles. The molecule has 0 spiro atoms. The predicted molar refractivity (Wildman–Crippen MR) is 114 cm³/mol. The van der Waals surface area contributed by atoms with Crippen molar-refractivity contribution in [2.24, 2.45) is 13.0 Å².